The summed E-state index contributed by atoms with van der Waals surface area (Å²) in [5.74, 6) is 0. The molecule has 2 heterocycles. The number of hydrogen-bond donors (Lipinski definition) is 1. The highest BCUT2D eigenvalue weighted by Gasteiger charge is 2.24. The lowest BCUT2D eigenvalue weighted by Gasteiger charge is -2.35. The van der Waals surface area contributed by atoms with Gasteiger partial charge in [-0.05, 0) is 31.5 Å². The van der Waals surface area contributed by atoms with Crippen molar-refractivity contribution in [2.24, 2.45) is 0 Å². The highest BCUT2D eigenvalue weighted by atomic mass is 32.2. The zero-order valence-electron chi connectivity index (χ0n) is 13.8. The topological polar surface area (TPSA) is 80.1 Å². The number of likely N-dealkylation sites (tertiary alicyclic amines) is 1. The first-order valence-corrected chi connectivity index (χ1v) is 10.1. The van der Waals surface area contributed by atoms with E-state index in [0.717, 1.165) is 37.2 Å². The minimum atomic E-state index is -3.16. The van der Waals surface area contributed by atoms with E-state index in [2.05, 4.69) is 19.8 Å². The van der Waals surface area contributed by atoms with Gasteiger partial charge < -0.3 is 0 Å². The Morgan fingerprint density at radius 3 is 2.79 bits per heavy atom. The molecule has 1 fully saturated rings. The maximum atomic E-state index is 11.3. The predicted molar refractivity (Wildman–Crippen MR) is 92.3 cm³/mol. The Balaban J connectivity index is 1.66. The Kier molecular flexibility index (Phi) is 5.27. The number of piperidine rings is 1. The van der Waals surface area contributed by atoms with Gasteiger partial charge in [0.1, 0.15) is 0 Å². The van der Waals surface area contributed by atoms with Crippen LogP contribution in [-0.2, 0) is 16.6 Å². The molecule has 1 aliphatic heterocycles. The van der Waals surface area contributed by atoms with Crippen LogP contribution in [0, 0.1) is 0 Å². The van der Waals surface area contributed by atoms with Gasteiger partial charge in [-0.3, -0.25) is 4.90 Å². The van der Waals surface area contributed by atoms with E-state index >= 15 is 0 Å². The molecule has 1 aliphatic rings. The second kappa shape index (κ2) is 7.42. The number of rotatable bonds is 6. The fraction of sp³-hybridized carbons (Fsp3) is 0.500. The summed E-state index contributed by atoms with van der Waals surface area (Å²) in [6.45, 7) is 2.09. The van der Waals surface area contributed by atoms with Gasteiger partial charge in [0.15, 0.2) is 0 Å². The first kappa shape index (κ1) is 17.1. The molecule has 0 saturated carbocycles. The number of sulfonamides is 1. The van der Waals surface area contributed by atoms with Crippen molar-refractivity contribution in [3.05, 3.63) is 42.2 Å². The van der Waals surface area contributed by atoms with Gasteiger partial charge in [-0.2, -0.15) is 15.0 Å². The summed E-state index contributed by atoms with van der Waals surface area (Å²) < 4.78 is 25.3. The van der Waals surface area contributed by atoms with Crippen LogP contribution in [0.2, 0.25) is 0 Å². The van der Waals surface area contributed by atoms with Crippen molar-refractivity contribution in [2.45, 2.75) is 31.8 Å². The average Bonchev–Trinajstić information content (AvgIpc) is 3.03. The van der Waals surface area contributed by atoms with Crippen LogP contribution in [-0.4, -0.2) is 53.7 Å². The van der Waals surface area contributed by atoms with Crippen LogP contribution in [0.5, 0.6) is 0 Å². The van der Waals surface area contributed by atoms with Crippen LogP contribution in [0.15, 0.2) is 36.5 Å². The molecule has 1 aromatic heterocycles. The van der Waals surface area contributed by atoms with Gasteiger partial charge in [0.25, 0.3) is 0 Å². The molecule has 0 spiro atoms. The quantitative estimate of drug-likeness (QED) is 0.847. The molecule has 8 heteroatoms. The molecule has 1 atom stereocenters. The molecule has 1 N–H and O–H groups in total. The number of benzene rings is 1. The summed E-state index contributed by atoms with van der Waals surface area (Å²) in [6.07, 6.45) is 6.23. The van der Waals surface area contributed by atoms with Crippen LogP contribution in [0.3, 0.4) is 0 Å². The second-order valence-corrected chi connectivity index (χ2v) is 8.03. The van der Waals surface area contributed by atoms with E-state index in [4.69, 9.17) is 0 Å². The summed E-state index contributed by atoms with van der Waals surface area (Å²) in [4.78, 5) is 3.92. The summed E-state index contributed by atoms with van der Waals surface area (Å²) in [5.41, 5.74) is 1.82. The van der Waals surface area contributed by atoms with E-state index in [1.54, 1.807) is 11.0 Å². The van der Waals surface area contributed by atoms with E-state index in [0.29, 0.717) is 13.1 Å². The van der Waals surface area contributed by atoms with Gasteiger partial charge in [0.2, 0.25) is 10.0 Å². The van der Waals surface area contributed by atoms with E-state index in [1.807, 2.05) is 30.3 Å². The lowest BCUT2D eigenvalue weighted by atomic mass is 10.0. The standard InChI is InChI=1S/C16H23N5O2S/c1-24(22,23)18-12-16-9-5-6-10-20(16)13-14-11-17-21(19-14)15-7-3-2-4-8-15/h2-4,7-8,11,16,18H,5-6,9-10,12-13H2,1H3/t16-/m1/s1. The average molecular weight is 349 g/mol. The molecular weight excluding hydrogens is 326 g/mol. The summed E-state index contributed by atoms with van der Waals surface area (Å²) in [5, 5.41) is 8.87. The van der Waals surface area contributed by atoms with Crippen molar-refractivity contribution in [1.82, 2.24) is 24.6 Å². The Hall–Kier alpha value is -1.77. The SMILES string of the molecule is CS(=O)(=O)NC[C@H]1CCCCN1Cc1cnn(-c2ccccc2)n1. The molecule has 0 radical (unpaired) electrons. The maximum Gasteiger partial charge on any atom is 0.208 e. The number of hydrogen-bond acceptors (Lipinski definition) is 5. The highest BCUT2D eigenvalue weighted by Crippen LogP contribution is 2.19. The highest BCUT2D eigenvalue weighted by molar-refractivity contribution is 7.88. The Morgan fingerprint density at radius 2 is 2.04 bits per heavy atom. The fourth-order valence-electron chi connectivity index (χ4n) is 3.01. The first-order chi connectivity index (χ1) is 11.5. The zero-order chi connectivity index (χ0) is 17.0. The van der Waals surface area contributed by atoms with Crippen molar-refractivity contribution in [3.63, 3.8) is 0 Å². The molecule has 24 heavy (non-hydrogen) atoms. The van der Waals surface area contributed by atoms with Gasteiger partial charge in [-0.25, -0.2) is 13.1 Å². The van der Waals surface area contributed by atoms with Gasteiger partial charge in [-0.15, -0.1) is 0 Å². The van der Waals surface area contributed by atoms with Crippen molar-refractivity contribution in [2.75, 3.05) is 19.3 Å². The van der Waals surface area contributed by atoms with Crippen LogP contribution >= 0.6 is 0 Å². The van der Waals surface area contributed by atoms with Crippen molar-refractivity contribution >= 4 is 10.0 Å². The number of nitrogens with zero attached hydrogens (tertiary/aromatic N) is 4. The Labute approximate surface area is 142 Å². The molecule has 0 amide bonds. The molecule has 130 valence electrons. The van der Waals surface area contributed by atoms with Gasteiger partial charge in [-0.1, -0.05) is 24.6 Å². The lowest BCUT2D eigenvalue weighted by Crippen LogP contribution is -2.46. The molecule has 2 aromatic rings. The van der Waals surface area contributed by atoms with Crippen molar-refractivity contribution in [3.8, 4) is 5.69 Å². The number of nitrogens with one attached hydrogen (secondary N) is 1. The van der Waals surface area contributed by atoms with Gasteiger partial charge in [0, 0.05) is 19.1 Å². The largest absolute Gasteiger partial charge is 0.293 e. The maximum absolute atomic E-state index is 11.3. The van der Waals surface area contributed by atoms with Crippen molar-refractivity contribution < 1.29 is 8.42 Å². The summed E-state index contributed by atoms with van der Waals surface area (Å²) >= 11 is 0. The van der Waals surface area contributed by atoms with Gasteiger partial charge >= 0.3 is 0 Å². The monoisotopic (exact) mass is 349 g/mol. The Bertz CT molecular complexity index is 760. The fourth-order valence-corrected chi connectivity index (χ4v) is 3.50. The van der Waals surface area contributed by atoms with Crippen LogP contribution in [0.4, 0.5) is 0 Å². The van der Waals surface area contributed by atoms with E-state index in [1.165, 1.54) is 6.26 Å². The molecule has 0 bridgehead atoms. The third-order valence-corrected chi connectivity index (χ3v) is 4.91. The molecule has 1 aromatic carbocycles. The number of aromatic nitrogens is 3. The zero-order valence-corrected chi connectivity index (χ0v) is 14.6. The smallest absolute Gasteiger partial charge is 0.208 e. The molecule has 1 saturated heterocycles. The van der Waals surface area contributed by atoms with E-state index in [9.17, 15) is 8.42 Å². The van der Waals surface area contributed by atoms with Gasteiger partial charge in [0.05, 0.1) is 23.8 Å². The molecule has 0 aliphatic carbocycles. The molecule has 0 unspecified atom stereocenters. The minimum absolute atomic E-state index is 0.204. The summed E-state index contributed by atoms with van der Waals surface area (Å²) in [6, 6.07) is 10.00. The molecule has 3 rings (SSSR count). The minimum Gasteiger partial charge on any atom is -0.293 e. The van der Waals surface area contributed by atoms with Crippen LogP contribution in [0.25, 0.3) is 5.69 Å². The van der Waals surface area contributed by atoms with Crippen molar-refractivity contribution in [1.29, 1.82) is 0 Å². The van der Waals surface area contributed by atoms with E-state index in [-0.39, 0.29) is 6.04 Å². The summed E-state index contributed by atoms with van der Waals surface area (Å²) in [7, 11) is -3.16. The first-order valence-electron chi connectivity index (χ1n) is 8.16. The number of para-hydroxylation sites is 1. The van der Waals surface area contributed by atoms with Crippen LogP contribution in [0.1, 0.15) is 25.0 Å². The third-order valence-electron chi connectivity index (χ3n) is 4.22. The van der Waals surface area contributed by atoms with Crippen LogP contribution < -0.4 is 4.72 Å². The molecular formula is C16H23N5O2S. The Morgan fingerprint density at radius 1 is 1.25 bits per heavy atom. The second-order valence-electron chi connectivity index (χ2n) is 6.20. The molecule has 7 nitrogen and oxygen atoms in total. The van der Waals surface area contributed by atoms with E-state index < -0.39 is 10.0 Å². The third kappa shape index (κ3) is 4.62. The normalized spacial score (nSPS) is 19.5. The lowest BCUT2D eigenvalue weighted by molar-refractivity contribution is 0.140. The predicted octanol–water partition coefficient (Wildman–Crippen LogP) is 1.17.